The highest BCUT2D eigenvalue weighted by atomic mass is 15.6. The molecule has 1 aliphatic rings. The van der Waals surface area contributed by atoms with E-state index in [4.69, 9.17) is 5.10 Å². The molecule has 0 spiro atoms. The van der Waals surface area contributed by atoms with Crippen LogP contribution in [0.1, 0.15) is 30.5 Å². The summed E-state index contributed by atoms with van der Waals surface area (Å²) in [7, 11) is 0. The first-order valence-corrected chi connectivity index (χ1v) is 9.56. The minimum Gasteiger partial charge on any atom is -0.302 e. The van der Waals surface area contributed by atoms with Gasteiger partial charge < -0.3 is 4.90 Å². The van der Waals surface area contributed by atoms with Crippen molar-refractivity contribution in [3.05, 3.63) is 95.6 Å². The Hall–Kier alpha value is -3.07. The van der Waals surface area contributed by atoms with Gasteiger partial charge in [-0.1, -0.05) is 73.7 Å². The number of anilines is 2. The van der Waals surface area contributed by atoms with Crippen molar-refractivity contribution in [2.45, 2.75) is 33.4 Å². The number of amidine groups is 1. The van der Waals surface area contributed by atoms with E-state index in [-0.39, 0.29) is 6.17 Å². The maximum absolute atomic E-state index is 5.08. The maximum atomic E-state index is 5.08. The fourth-order valence-electron chi connectivity index (χ4n) is 3.74. The Morgan fingerprint density at radius 2 is 1.44 bits per heavy atom. The summed E-state index contributed by atoms with van der Waals surface area (Å²) >= 11 is 0. The predicted molar refractivity (Wildman–Crippen MR) is 114 cm³/mol. The quantitative estimate of drug-likeness (QED) is 0.607. The lowest BCUT2D eigenvalue weighted by molar-refractivity contribution is 0.714. The molecule has 1 unspecified atom stereocenters. The molecule has 0 N–H and O–H groups in total. The zero-order valence-corrected chi connectivity index (χ0v) is 16.1. The summed E-state index contributed by atoms with van der Waals surface area (Å²) in [5, 5.41) is 7.22. The van der Waals surface area contributed by atoms with E-state index in [0.29, 0.717) is 0 Å². The highest BCUT2D eigenvalue weighted by Crippen LogP contribution is 2.34. The van der Waals surface area contributed by atoms with Crippen molar-refractivity contribution in [2.75, 3.05) is 9.91 Å². The third kappa shape index (κ3) is 3.10. The molecule has 3 nitrogen and oxygen atoms in total. The minimum absolute atomic E-state index is 0.0917. The van der Waals surface area contributed by atoms with Gasteiger partial charge in [-0.3, -0.25) is 0 Å². The molecule has 4 rings (SSSR count). The molecule has 1 aliphatic heterocycles. The molecule has 0 radical (unpaired) electrons. The monoisotopic (exact) mass is 355 g/mol. The Morgan fingerprint density at radius 1 is 0.815 bits per heavy atom. The first-order chi connectivity index (χ1) is 13.2. The van der Waals surface area contributed by atoms with Crippen molar-refractivity contribution in [1.29, 1.82) is 0 Å². The van der Waals surface area contributed by atoms with Crippen molar-refractivity contribution in [3.8, 4) is 0 Å². The SMILES string of the molecule is CCc1ccccc1N1C(c2ccccc2)=NN(c2ccccc2C)C1C. The molecule has 27 heavy (non-hydrogen) atoms. The van der Waals surface area contributed by atoms with Gasteiger partial charge in [0.25, 0.3) is 0 Å². The van der Waals surface area contributed by atoms with Crippen molar-refractivity contribution >= 4 is 17.2 Å². The fourth-order valence-corrected chi connectivity index (χ4v) is 3.74. The molecular weight excluding hydrogens is 330 g/mol. The van der Waals surface area contributed by atoms with Crippen LogP contribution in [-0.4, -0.2) is 12.0 Å². The van der Waals surface area contributed by atoms with E-state index in [9.17, 15) is 0 Å². The van der Waals surface area contributed by atoms with Crippen LogP contribution in [0.25, 0.3) is 0 Å². The molecule has 0 fully saturated rings. The van der Waals surface area contributed by atoms with Crippen molar-refractivity contribution in [2.24, 2.45) is 5.10 Å². The second-order valence-corrected chi connectivity index (χ2v) is 6.90. The molecule has 136 valence electrons. The number of para-hydroxylation sites is 2. The number of benzene rings is 3. The smallest absolute Gasteiger partial charge is 0.162 e. The summed E-state index contributed by atoms with van der Waals surface area (Å²) in [6, 6.07) is 27.5. The summed E-state index contributed by atoms with van der Waals surface area (Å²) in [6.07, 6.45) is 1.08. The molecule has 1 atom stereocenters. The van der Waals surface area contributed by atoms with Gasteiger partial charge in [-0.05, 0) is 43.5 Å². The summed E-state index contributed by atoms with van der Waals surface area (Å²) < 4.78 is 0. The maximum Gasteiger partial charge on any atom is 0.162 e. The third-order valence-electron chi connectivity index (χ3n) is 5.18. The van der Waals surface area contributed by atoms with E-state index < -0.39 is 0 Å². The van der Waals surface area contributed by atoms with Gasteiger partial charge in [0.1, 0.15) is 6.17 Å². The Bertz CT molecular complexity index is 962. The number of nitrogens with zero attached hydrogens (tertiary/aromatic N) is 3. The highest BCUT2D eigenvalue weighted by Gasteiger charge is 2.34. The zero-order valence-electron chi connectivity index (χ0n) is 16.1. The number of hydrogen-bond donors (Lipinski definition) is 0. The molecule has 0 aliphatic carbocycles. The molecule has 0 saturated carbocycles. The van der Waals surface area contributed by atoms with Crippen LogP contribution in [0.2, 0.25) is 0 Å². The van der Waals surface area contributed by atoms with Crippen LogP contribution in [0.3, 0.4) is 0 Å². The standard InChI is InChI=1S/C24H25N3/c1-4-20-13-9-11-17-23(20)26-19(3)27(22-16-10-8-12-18(22)2)25-24(26)21-14-6-5-7-15-21/h5-17,19H,4H2,1-3H3. The molecular formula is C24H25N3. The van der Waals surface area contributed by atoms with Gasteiger partial charge in [0.15, 0.2) is 5.84 Å². The lowest BCUT2D eigenvalue weighted by Gasteiger charge is -2.31. The van der Waals surface area contributed by atoms with Gasteiger partial charge in [0.2, 0.25) is 0 Å². The van der Waals surface area contributed by atoms with Crippen LogP contribution in [-0.2, 0) is 6.42 Å². The number of hydrogen-bond acceptors (Lipinski definition) is 3. The Kier molecular flexibility index (Phi) is 4.68. The van der Waals surface area contributed by atoms with E-state index >= 15 is 0 Å². The van der Waals surface area contributed by atoms with Crippen LogP contribution < -0.4 is 9.91 Å². The van der Waals surface area contributed by atoms with Crippen LogP contribution in [0.15, 0.2) is 84.0 Å². The summed E-state index contributed by atoms with van der Waals surface area (Å²) in [4.78, 5) is 2.36. The van der Waals surface area contributed by atoms with Gasteiger partial charge in [-0.2, -0.15) is 5.10 Å². The average molecular weight is 355 g/mol. The number of rotatable bonds is 4. The van der Waals surface area contributed by atoms with Crippen LogP contribution >= 0.6 is 0 Å². The van der Waals surface area contributed by atoms with E-state index in [1.807, 2.05) is 6.07 Å². The summed E-state index contributed by atoms with van der Waals surface area (Å²) in [5.74, 6) is 0.993. The molecule has 0 saturated heterocycles. The molecule has 3 aromatic carbocycles. The van der Waals surface area contributed by atoms with Crippen LogP contribution in [0, 0.1) is 6.92 Å². The molecule has 1 heterocycles. The third-order valence-corrected chi connectivity index (χ3v) is 5.18. The molecule has 0 aromatic heterocycles. The van der Waals surface area contributed by atoms with Gasteiger partial charge in [0.05, 0.1) is 5.69 Å². The van der Waals surface area contributed by atoms with Gasteiger partial charge in [-0.25, -0.2) is 5.01 Å². The highest BCUT2D eigenvalue weighted by molar-refractivity contribution is 6.12. The lowest BCUT2D eigenvalue weighted by atomic mass is 10.1. The number of hydrazone groups is 1. The van der Waals surface area contributed by atoms with E-state index in [1.54, 1.807) is 0 Å². The van der Waals surface area contributed by atoms with E-state index in [2.05, 4.69) is 103 Å². The van der Waals surface area contributed by atoms with Gasteiger partial charge in [0, 0.05) is 11.3 Å². The van der Waals surface area contributed by atoms with Crippen molar-refractivity contribution in [3.63, 3.8) is 0 Å². The molecule has 3 aromatic rings. The molecule has 0 amide bonds. The van der Waals surface area contributed by atoms with Crippen molar-refractivity contribution in [1.82, 2.24) is 0 Å². The zero-order chi connectivity index (χ0) is 18.8. The largest absolute Gasteiger partial charge is 0.302 e. The Balaban J connectivity index is 1.87. The number of aryl methyl sites for hydroxylation is 2. The normalized spacial score (nSPS) is 16.6. The first-order valence-electron chi connectivity index (χ1n) is 9.56. The fraction of sp³-hybridized carbons (Fsp3) is 0.208. The first kappa shape index (κ1) is 17.3. The van der Waals surface area contributed by atoms with E-state index in [0.717, 1.165) is 23.5 Å². The van der Waals surface area contributed by atoms with Crippen LogP contribution in [0.4, 0.5) is 11.4 Å². The van der Waals surface area contributed by atoms with Crippen LogP contribution in [0.5, 0.6) is 0 Å². The minimum atomic E-state index is 0.0917. The second-order valence-electron chi connectivity index (χ2n) is 6.90. The van der Waals surface area contributed by atoms with E-state index in [1.165, 1.54) is 16.8 Å². The van der Waals surface area contributed by atoms with Crippen molar-refractivity contribution < 1.29 is 0 Å². The summed E-state index contributed by atoms with van der Waals surface area (Å²) in [5.41, 5.74) is 6.07. The Labute approximate surface area is 161 Å². The average Bonchev–Trinajstić information content (AvgIpc) is 3.06. The topological polar surface area (TPSA) is 18.8 Å². The Morgan fingerprint density at radius 3 is 2.15 bits per heavy atom. The second kappa shape index (κ2) is 7.28. The predicted octanol–water partition coefficient (Wildman–Crippen LogP) is 5.59. The molecule has 3 heteroatoms. The lowest BCUT2D eigenvalue weighted by Crippen LogP contribution is -2.41. The van der Waals surface area contributed by atoms with Gasteiger partial charge >= 0.3 is 0 Å². The molecule has 0 bridgehead atoms. The van der Waals surface area contributed by atoms with Gasteiger partial charge in [-0.15, -0.1) is 0 Å². The summed E-state index contributed by atoms with van der Waals surface area (Å²) in [6.45, 7) is 6.57.